The van der Waals surface area contributed by atoms with Gasteiger partial charge in [-0.2, -0.15) is 0 Å². The standard InChI is InChI=1S/C20H19N3O6S2/c1-23-11-10-21-20(23)30-15-7-5-14(6-8-15)22-31(26,27)17-12-13(18(24)28-2)4-9-16(17)19(25)29-3/h4-12,22H,1-3H3. The van der Waals surface area contributed by atoms with Crippen LogP contribution in [-0.2, 0) is 26.5 Å². The molecule has 1 heterocycles. The van der Waals surface area contributed by atoms with Crippen molar-refractivity contribution in [2.45, 2.75) is 14.9 Å². The van der Waals surface area contributed by atoms with Crippen molar-refractivity contribution in [1.29, 1.82) is 0 Å². The molecule has 9 nitrogen and oxygen atoms in total. The summed E-state index contributed by atoms with van der Waals surface area (Å²) in [6.07, 6.45) is 3.51. The SMILES string of the molecule is COC(=O)c1ccc(C(=O)OC)c(S(=O)(=O)Nc2ccc(Sc3nccn3C)cc2)c1. The molecule has 0 spiro atoms. The van der Waals surface area contributed by atoms with Crippen LogP contribution in [-0.4, -0.2) is 44.1 Å². The summed E-state index contributed by atoms with van der Waals surface area (Å²) < 4.78 is 39.6. The van der Waals surface area contributed by atoms with E-state index in [-0.39, 0.29) is 16.8 Å². The van der Waals surface area contributed by atoms with Gasteiger partial charge in [-0.05, 0) is 42.5 Å². The third-order valence-corrected chi connectivity index (χ3v) is 6.70. The lowest BCUT2D eigenvalue weighted by atomic mass is 10.1. The Balaban J connectivity index is 1.89. The maximum absolute atomic E-state index is 13.0. The summed E-state index contributed by atoms with van der Waals surface area (Å²) in [5.74, 6) is -1.58. The summed E-state index contributed by atoms with van der Waals surface area (Å²) in [4.78, 5) is 28.6. The van der Waals surface area contributed by atoms with Gasteiger partial charge in [0.2, 0.25) is 0 Å². The van der Waals surface area contributed by atoms with E-state index in [1.807, 2.05) is 17.8 Å². The predicted octanol–water partition coefficient (Wildman–Crippen LogP) is 2.95. The Morgan fingerprint density at radius 1 is 1.03 bits per heavy atom. The highest BCUT2D eigenvalue weighted by atomic mass is 32.2. The molecular weight excluding hydrogens is 442 g/mol. The van der Waals surface area contributed by atoms with Crippen LogP contribution >= 0.6 is 11.8 Å². The molecule has 162 valence electrons. The molecule has 1 N–H and O–H groups in total. The molecule has 2 aromatic carbocycles. The van der Waals surface area contributed by atoms with Gasteiger partial charge in [-0.1, -0.05) is 11.8 Å². The van der Waals surface area contributed by atoms with Crippen molar-refractivity contribution in [1.82, 2.24) is 9.55 Å². The third kappa shape index (κ3) is 5.06. The zero-order valence-electron chi connectivity index (χ0n) is 16.9. The molecule has 1 aromatic heterocycles. The summed E-state index contributed by atoms with van der Waals surface area (Å²) in [6, 6.07) is 10.2. The normalized spacial score (nSPS) is 11.1. The van der Waals surface area contributed by atoms with Crippen LogP contribution in [0.2, 0.25) is 0 Å². The molecule has 31 heavy (non-hydrogen) atoms. The van der Waals surface area contributed by atoms with Crippen LogP contribution in [0.25, 0.3) is 0 Å². The fourth-order valence-electron chi connectivity index (χ4n) is 2.62. The van der Waals surface area contributed by atoms with Crippen LogP contribution in [0.3, 0.4) is 0 Å². The molecule has 0 unspecified atom stereocenters. The number of ether oxygens (including phenoxy) is 2. The van der Waals surface area contributed by atoms with Crippen LogP contribution in [0.15, 0.2) is 69.8 Å². The van der Waals surface area contributed by atoms with Gasteiger partial charge in [0, 0.05) is 30.0 Å². The number of nitrogens with one attached hydrogen (secondary N) is 1. The van der Waals surface area contributed by atoms with Gasteiger partial charge < -0.3 is 14.0 Å². The molecule has 0 aliphatic rings. The molecule has 0 amide bonds. The number of aromatic nitrogens is 2. The van der Waals surface area contributed by atoms with Crippen LogP contribution in [0, 0.1) is 0 Å². The Hall–Kier alpha value is -3.31. The molecule has 0 atom stereocenters. The molecule has 0 bridgehead atoms. The number of imidazole rings is 1. The minimum Gasteiger partial charge on any atom is -0.465 e. The Bertz CT molecular complexity index is 1220. The number of methoxy groups -OCH3 is 2. The number of rotatable bonds is 7. The van der Waals surface area contributed by atoms with E-state index in [4.69, 9.17) is 0 Å². The lowest BCUT2D eigenvalue weighted by Crippen LogP contribution is -2.18. The molecule has 0 radical (unpaired) electrons. The first kappa shape index (κ1) is 22.4. The van der Waals surface area contributed by atoms with Gasteiger partial charge in [-0.3, -0.25) is 4.72 Å². The molecule has 0 fully saturated rings. The summed E-state index contributed by atoms with van der Waals surface area (Å²) in [6.45, 7) is 0. The summed E-state index contributed by atoms with van der Waals surface area (Å²) >= 11 is 1.42. The number of sulfonamides is 1. The van der Waals surface area contributed by atoms with Gasteiger partial charge in [-0.15, -0.1) is 0 Å². The third-order valence-electron chi connectivity index (χ3n) is 4.19. The maximum Gasteiger partial charge on any atom is 0.339 e. The zero-order valence-corrected chi connectivity index (χ0v) is 18.5. The Morgan fingerprint density at radius 2 is 1.71 bits per heavy atom. The van der Waals surface area contributed by atoms with Crippen molar-refractivity contribution >= 4 is 39.4 Å². The number of carbonyl (C=O) groups is 2. The lowest BCUT2D eigenvalue weighted by molar-refractivity contribution is 0.0583. The zero-order chi connectivity index (χ0) is 22.6. The molecule has 0 aliphatic heterocycles. The first-order valence-corrected chi connectivity index (χ1v) is 11.1. The highest BCUT2D eigenvalue weighted by Crippen LogP contribution is 2.28. The Morgan fingerprint density at radius 3 is 2.29 bits per heavy atom. The van der Waals surface area contributed by atoms with E-state index in [2.05, 4.69) is 19.2 Å². The van der Waals surface area contributed by atoms with Gasteiger partial charge in [0.15, 0.2) is 5.16 Å². The van der Waals surface area contributed by atoms with Crippen molar-refractivity contribution in [2.75, 3.05) is 18.9 Å². The number of esters is 2. The van der Waals surface area contributed by atoms with Crippen LogP contribution in [0.1, 0.15) is 20.7 Å². The highest BCUT2D eigenvalue weighted by molar-refractivity contribution is 7.99. The average Bonchev–Trinajstić information content (AvgIpc) is 3.17. The second-order valence-electron chi connectivity index (χ2n) is 6.25. The van der Waals surface area contributed by atoms with Crippen molar-refractivity contribution in [3.05, 3.63) is 66.0 Å². The molecule has 3 rings (SSSR count). The maximum atomic E-state index is 13.0. The van der Waals surface area contributed by atoms with Crippen LogP contribution in [0.4, 0.5) is 5.69 Å². The summed E-state index contributed by atoms with van der Waals surface area (Å²) in [7, 11) is -0.0292. The number of anilines is 1. The van der Waals surface area contributed by atoms with Crippen LogP contribution in [0.5, 0.6) is 0 Å². The minimum atomic E-state index is -4.21. The minimum absolute atomic E-state index is 0.0163. The first-order valence-electron chi connectivity index (χ1n) is 8.84. The Kier molecular flexibility index (Phi) is 6.66. The molecule has 0 aliphatic carbocycles. The smallest absolute Gasteiger partial charge is 0.339 e. The van der Waals surface area contributed by atoms with Gasteiger partial charge in [-0.25, -0.2) is 23.0 Å². The van der Waals surface area contributed by atoms with Gasteiger partial charge in [0.25, 0.3) is 10.0 Å². The van der Waals surface area contributed by atoms with E-state index in [0.29, 0.717) is 0 Å². The second kappa shape index (κ2) is 9.23. The van der Waals surface area contributed by atoms with Crippen molar-refractivity contribution < 1.29 is 27.5 Å². The number of hydrogen-bond acceptors (Lipinski definition) is 8. The van der Waals surface area contributed by atoms with E-state index in [9.17, 15) is 18.0 Å². The predicted molar refractivity (Wildman–Crippen MR) is 114 cm³/mol. The fraction of sp³-hybridized carbons (Fsp3) is 0.150. The Labute approximate surface area is 183 Å². The molecule has 11 heteroatoms. The summed E-state index contributed by atoms with van der Waals surface area (Å²) in [5, 5.41) is 0.788. The van der Waals surface area contributed by atoms with Crippen LogP contribution < -0.4 is 4.72 Å². The van der Waals surface area contributed by atoms with Crippen molar-refractivity contribution in [3.63, 3.8) is 0 Å². The van der Waals surface area contributed by atoms with E-state index >= 15 is 0 Å². The monoisotopic (exact) mass is 461 g/mol. The largest absolute Gasteiger partial charge is 0.465 e. The lowest BCUT2D eigenvalue weighted by Gasteiger charge is -2.13. The highest BCUT2D eigenvalue weighted by Gasteiger charge is 2.25. The number of carbonyl (C=O) groups excluding carboxylic acids is 2. The average molecular weight is 462 g/mol. The molecule has 0 saturated heterocycles. The number of hydrogen-bond donors (Lipinski definition) is 1. The van der Waals surface area contributed by atoms with Gasteiger partial charge in [0.05, 0.1) is 25.3 Å². The summed E-state index contributed by atoms with van der Waals surface area (Å²) in [5.41, 5.74) is 0.0606. The second-order valence-corrected chi connectivity index (χ2v) is 8.94. The van der Waals surface area contributed by atoms with E-state index in [1.54, 1.807) is 30.5 Å². The molecule has 3 aromatic rings. The topological polar surface area (TPSA) is 117 Å². The molecule has 0 saturated carbocycles. The van der Waals surface area contributed by atoms with Gasteiger partial charge in [0.1, 0.15) is 4.90 Å². The van der Waals surface area contributed by atoms with E-state index in [1.165, 1.54) is 31.0 Å². The van der Waals surface area contributed by atoms with Crippen molar-refractivity contribution in [2.24, 2.45) is 7.05 Å². The van der Waals surface area contributed by atoms with Gasteiger partial charge >= 0.3 is 11.9 Å². The quantitative estimate of drug-likeness (QED) is 0.534. The van der Waals surface area contributed by atoms with E-state index in [0.717, 1.165) is 23.2 Å². The number of benzene rings is 2. The number of nitrogens with zero attached hydrogens (tertiary/aromatic N) is 2. The number of aryl methyl sites for hydroxylation is 1. The van der Waals surface area contributed by atoms with Crippen molar-refractivity contribution in [3.8, 4) is 0 Å². The van der Waals surface area contributed by atoms with E-state index < -0.39 is 26.9 Å². The fourth-order valence-corrected chi connectivity index (χ4v) is 4.71. The molecular formula is C20H19N3O6S2. The first-order chi connectivity index (χ1) is 14.7.